The quantitative estimate of drug-likeness (QED) is 0.870. The van der Waals surface area contributed by atoms with Crippen molar-refractivity contribution in [3.05, 3.63) is 41.8 Å². The molecule has 0 saturated heterocycles. The van der Waals surface area contributed by atoms with Crippen LogP contribution in [0.25, 0.3) is 0 Å². The zero-order chi connectivity index (χ0) is 13.8. The average molecular weight is 263 g/mol. The first-order valence-electron chi connectivity index (χ1n) is 6.42. The van der Waals surface area contributed by atoms with E-state index in [1.807, 2.05) is 24.6 Å². The Morgan fingerprint density at radius 3 is 2.84 bits per heavy atom. The van der Waals surface area contributed by atoms with Crippen LogP contribution in [0.1, 0.15) is 31.9 Å². The van der Waals surface area contributed by atoms with Crippen LogP contribution < -0.4 is 5.32 Å². The molecule has 1 heterocycles. The summed E-state index contributed by atoms with van der Waals surface area (Å²) in [5.41, 5.74) is 0.561. The van der Waals surface area contributed by atoms with Crippen molar-refractivity contribution in [2.24, 2.45) is 0 Å². The van der Waals surface area contributed by atoms with Gasteiger partial charge in [-0.3, -0.25) is 4.68 Å². The Hall–Kier alpha value is -2.04. The van der Waals surface area contributed by atoms with Gasteiger partial charge in [0.1, 0.15) is 17.4 Å². The zero-order valence-corrected chi connectivity index (χ0v) is 11.1. The Labute approximate surface area is 111 Å². The van der Waals surface area contributed by atoms with E-state index < -0.39 is 0 Å². The van der Waals surface area contributed by atoms with Crippen molar-refractivity contribution in [2.45, 2.75) is 32.9 Å². The van der Waals surface area contributed by atoms with Gasteiger partial charge in [-0.15, -0.1) is 0 Å². The van der Waals surface area contributed by atoms with E-state index in [1.165, 1.54) is 18.2 Å². The van der Waals surface area contributed by atoms with Gasteiger partial charge in [0.15, 0.2) is 0 Å². The standard InChI is InChI=1S/C14H18FN3O/c1-3-12(11-9-10(15)5-6-13(11)19)17-14-7-8-16-18(14)4-2/h5-9,12,17,19H,3-4H2,1-2H3. The average Bonchev–Trinajstić information content (AvgIpc) is 2.86. The lowest BCUT2D eigenvalue weighted by molar-refractivity contribution is 0.459. The van der Waals surface area contributed by atoms with Crippen LogP contribution >= 0.6 is 0 Å². The lowest BCUT2D eigenvalue weighted by atomic mass is 10.0. The molecule has 2 N–H and O–H groups in total. The molecule has 1 unspecified atom stereocenters. The number of rotatable bonds is 5. The van der Waals surface area contributed by atoms with E-state index >= 15 is 0 Å². The molecule has 1 atom stereocenters. The molecule has 2 aromatic rings. The van der Waals surface area contributed by atoms with Crippen molar-refractivity contribution in [1.29, 1.82) is 0 Å². The lowest BCUT2D eigenvalue weighted by Gasteiger charge is -2.20. The Morgan fingerprint density at radius 1 is 1.37 bits per heavy atom. The Bertz CT molecular complexity index is 553. The number of hydrogen-bond acceptors (Lipinski definition) is 3. The molecule has 0 bridgehead atoms. The minimum absolute atomic E-state index is 0.100. The topological polar surface area (TPSA) is 50.1 Å². The molecule has 0 aliphatic carbocycles. The number of benzene rings is 1. The lowest BCUT2D eigenvalue weighted by Crippen LogP contribution is -2.13. The van der Waals surface area contributed by atoms with E-state index in [0.29, 0.717) is 5.56 Å². The van der Waals surface area contributed by atoms with Gasteiger partial charge in [-0.2, -0.15) is 5.10 Å². The fraction of sp³-hybridized carbons (Fsp3) is 0.357. The first-order chi connectivity index (χ1) is 9.15. The highest BCUT2D eigenvalue weighted by Gasteiger charge is 2.15. The molecule has 19 heavy (non-hydrogen) atoms. The monoisotopic (exact) mass is 263 g/mol. The predicted octanol–water partition coefficient (Wildman–Crippen LogP) is 3.31. The molecule has 4 nitrogen and oxygen atoms in total. The first-order valence-corrected chi connectivity index (χ1v) is 6.42. The maximum atomic E-state index is 13.3. The number of aromatic nitrogens is 2. The number of halogens is 1. The minimum atomic E-state index is -0.350. The third-order valence-corrected chi connectivity index (χ3v) is 3.11. The highest BCUT2D eigenvalue weighted by atomic mass is 19.1. The number of aryl methyl sites for hydroxylation is 1. The van der Waals surface area contributed by atoms with Crippen molar-refractivity contribution >= 4 is 5.82 Å². The molecule has 5 heteroatoms. The smallest absolute Gasteiger partial charge is 0.124 e. The summed E-state index contributed by atoms with van der Waals surface area (Å²) < 4.78 is 15.1. The Morgan fingerprint density at radius 2 is 2.16 bits per heavy atom. The van der Waals surface area contributed by atoms with Crippen LogP contribution in [0.4, 0.5) is 10.2 Å². The number of nitrogens with zero attached hydrogens (tertiary/aromatic N) is 2. The van der Waals surface area contributed by atoms with Crippen molar-refractivity contribution in [1.82, 2.24) is 9.78 Å². The number of phenols is 1. The molecule has 1 aromatic heterocycles. The normalized spacial score (nSPS) is 12.4. The number of aromatic hydroxyl groups is 1. The molecule has 0 spiro atoms. The van der Waals surface area contributed by atoms with Crippen molar-refractivity contribution in [3.8, 4) is 5.75 Å². The van der Waals surface area contributed by atoms with E-state index in [1.54, 1.807) is 6.20 Å². The fourth-order valence-corrected chi connectivity index (χ4v) is 2.09. The summed E-state index contributed by atoms with van der Waals surface area (Å²) in [4.78, 5) is 0. The molecule has 2 rings (SSSR count). The number of phenolic OH excluding ortho intramolecular Hbond substituents is 1. The van der Waals surface area contributed by atoms with E-state index in [-0.39, 0.29) is 17.6 Å². The van der Waals surface area contributed by atoms with Gasteiger partial charge in [-0.1, -0.05) is 6.92 Å². The second-order valence-electron chi connectivity index (χ2n) is 4.34. The molecule has 0 amide bonds. The van der Waals surface area contributed by atoms with E-state index in [4.69, 9.17) is 0 Å². The summed E-state index contributed by atoms with van der Waals surface area (Å²) in [5, 5.41) is 17.3. The first kappa shape index (κ1) is 13.4. The molecule has 0 aliphatic rings. The Kier molecular flexibility index (Phi) is 4.04. The van der Waals surface area contributed by atoms with Gasteiger partial charge >= 0.3 is 0 Å². The van der Waals surface area contributed by atoms with Gasteiger partial charge in [0.05, 0.1) is 12.2 Å². The minimum Gasteiger partial charge on any atom is -0.508 e. The Balaban J connectivity index is 2.27. The van der Waals surface area contributed by atoms with Crippen LogP contribution in [-0.2, 0) is 6.54 Å². The van der Waals surface area contributed by atoms with Crippen LogP contribution in [0.15, 0.2) is 30.5 Å². The number of hydrogen-bond donors (Lipinski definition) is 2. The molecular weight excluding hydrogens is 245 g/mol. The van der Waals surface area contributed by atoms with Gasteiger partial charge in [0.2, 0.25) is 0 Å². The van der Waals surface area contributed by atoms with E-state index in [9.17, 15) is 9.50 Å². The predicted molar refractivity (Wildman–Crippen MR) is 72.6 cm³/mol. The van der Waals surface area contributed by atoms with Crippen LogP contribution in [0.5, 0.6) is 5.75 Å². The van der Waals surface area contributed by atoms with Crippen LogP contribution in [0, 0.1) is 5.82 Å². The second-order valence-corrected chi connectivity index (χ2v) is 4.34. The van der Waals surface area contributed by atoms with Gasteiger partial charge in [0.25, 0.3) is 0 Å². The zero-order valence-electron chi connectivity index (χ0n) is 11.1. The summed E-state index contributed by atoms with van der Waals surface area (Å²) in [5.74, 6) is 0.610. The largest absolute Gasteiger partial charge is 0.508 e. The number of nitrogens with one attached hydrogen (secondary N) is 1. The maximum Gasteiger partial charge on any atom is 0.124 e. The maximum absolute atomic E-state index is 13.3. The SMILES string of the molecule is CCC(Nc1ccnn1CC)c1cc(F)ccc1O. The van der Waals surface area contributed by atoms with Gasteiger partial charge < -0.3 is 10.4 Å². The molecule has 102 valence electrons. The van der Waals surface area contributed by atoms with E-state index in [2.05, 4.69) is 10.4 Å². The summed E-state index contributed by atoms with van der Waals surface area (Å²) in [6.07, 6.45) is 2.44. The van der Waals surface area contributed by atoms with Crippen LogP contribution in [0.3, 0.4) is 0 Å². The summed E-state index contributed by atoms with van der Waals surface area (Å²) in [7, 11) is 0. The highest BCUT2D eigenvalue weighted by Crippen LogP contribution is 2.29. The summed E-state index contributed by atoms with van der Waals surface area (Å²) in [6.45, 7) is 4.73. The van der Waals surface area contributed by atoms with Crippen molar-refractivity contribution in [2.75, 3.05) is 5.32 Å². The third kappa shape index (κ3) is 2.86. The molecule has 0 aliphatic heterocycles. The molecule has 0 saturated carbocycles. The molecular formula is C14H18FN3O. The van der Waals surface area contributed by atoms with E-state index in [0.717, 1.165) is 18.8 Å². The van der Waals surface area contributed by atoms with Crippen molar-refractivity contribution in [3.63, 3.8) is 0 Å². The fourth-order valence-electron chi connectivity index (χ4n) is 2.09. The molecule has 1 aromatic carbocycles. The van der Waals surface area contributed by atoms with Gasteiger partial charge in [0, 0.05) is 18.2 Å². The molecule has 0 fully saturated rings. The van der Waals surface area contributed by atoms with Crippen LogP contribution in [-0.4, -0.2) is 14.9 Å². The highest BCUT2D eigenvalue weighted by molar-refractivity contribution is 5.43. The second kappa shape index (κ2) is 5.73. The number of anilines is 1. The van der Waals surface area contributed by atoms with Crippen LogP contribution in [0.2, 0.25) is 0 Å². The van der Waals surface area contributed by atoms with Crippen molar-refractivity contribution < 1.29 is 9.50 Å². The van der Waals surface area contributed by atoms with Gasteiger partial charge in [-0.25, -0.2) is 4.39 Å². The van der Waals surface area contributed by atoms with Gasteiger partial charge in [-0.05, 0) is 31.5 Å². The third-order valence-electron chi connectivity index (χ3n) is 3.11. The summed E-state index contributed by atoms with van der Waals surface area (Å²) >= 11 is 0. The molecule has 0 radical (unpaired) electrons. The summed E-state index contributed by atoms with van der Waals surface area (Å²) in [6, 6.07) is 5.71.